The monoisotopic (exact) mass is 594 g/mol. The predicted molar refractivity (Wildman–Crippen MR) is 161 cm³/mol. The summed E-state index contributed by atoms with van der Waals surface area (Å²) in [7, 11) is -2.00. The SMILES string of the molecule is CCN(CC)CCN(C(=O)c1ccc(S(=O)(=O)N2CC(C)CC(C)C2)cc1)c1nc2cc(OC)ccc2s1.Cl. The van der Waals surface area contributed by atoms with Crippen molar-refractivity contribution in [2.45, 2.75) is 39.0 Å². The molecule has 214 valence electrons. The lowest BCUT2D eigenvalue weighted by molar-refractivity contribution is 0.0983. The molecule has 1 aliphatic heterocycles. The van der Waals surface area contributed by atoms with Crippen LogP contribution in [0.3, 0.4) is 0 Å². The zero-order valence-corrected chi connectivity index (χ0v) is 25.7. The number of halogens is 1. The molecule has 11 heteroatoms. The summed E-state index contributed by atoms with van der Waals surface area (Å²) in [4.78, 5) is 22.7. The number of carbonyl (C=O) groups excluding carboxylic acids is 1. The van der Waals surface area contributed by atoms with E-state index in [0.717, 1.165) is 29.7 Å². The van der Waals surface area contributed by atoms with Crippen LogP contribution >= 0.6 is 23.7 Å². The first-order chi connectivity index (χ1) is 18.2. The van der Waals surface area contributed by atoms with Crippen LogP contribution in [0, 0.1) is 11.8 Å². The molecular weight excluding hydrogens is 556 g/mol. The number of ether oxygens (including phenoxy) is 1. The molecule has 8 nitrogen and oxygen atoms in total. The van der Waals surface area contributed by atoms with Gasteiger partial charge in [-0.3, -0.25) is 9.69 Å². The van der Waals surface area contributed by atoms with Crippen LogP contribution < -0.4 is 9.64 Å². The van der Waals surface area contributed by atoms with E-state index in [1.165, 1.54) is 11.3 Å². The molecule has 1 saturated heterocycles. The van der Waals surface area contributed by atoms with E-state index in [0.29, 0.717) is 54.5 Å². The fourth-order valence-corrected chi connectivity index (χ4v) is 7.73. The van der Waals surface area contributed by atoms with Gasteiger partial charge in [0.2, 0.25) is 10.0 Å². The number of piperidine rings is 1. The Hall–Kier alpha value is -2.24. The maximum Gasteiger partial charge on any atom is 0.260 e. The lowest BCUT2D eigenvalue weighted by Crippen LogP contribution is -2.42. The number of nitrogens with zero attached hydrogens (tertiary/aromatic N) is 4. The minimum atomic E-state index is -3.62. The van der Waals surface area contributed by atoms with Crippen molar-refractivity contribution >= 4 is 55.0 Å². The van der Waals surface area contributed by atoms with Gasteiger partial charge in [0, 0.05) is 37.8 Å². The quantitative estimate of drug-likeness (QED) is 0.313. The number of hydrogen-bond acceptors (Lipinski definition) is 7. The van der Waals surface area contributed by atoms with Gasteiger partial charge in [0.1, 0.15) is 5.75 Å². The predicted octanol–water partition coefficient (Wildman–Crippen LogP) is 5.38. The van der Waals surface area contributed by atoms with E-state index in [4.69, 9.17) is 9.72 Å². The Morgan fingerprint density at radius 2 is 1.69 bits per heavy atom. The van der Waals surface area contributed by atoms with Gasteiger partial charge in [-0.2, -0.15) is 4.31 Å². The van der Waals surface area contributed by atoms with Gasteiger partial charge in [-0.25, -0.2) is 13.4 Å². The van der Waals surface area contributed by atoms with Crippen LogP contribution in [0.25, 0.3) is 10.2 Å². The van der Waals surface area contributed by atoms with Crippen molar-refractivity contribution in [3.05, 3.63) is 48.0 Å². The van der Waals surface area contributed by atoms with Crippen LogP contribution in [0.4, 0.5) is 5.13 Å². The summed E-state index contributed by atoms with van der Waals surface area (Å²) in [5, 5.41) is 0.610. The summed E-state index contributed by atoms with van der Waals surface area (Å²) in [6.45, 7) is 12.4. The first kappa shape index (κ1) is 31.3. The zero-order chi connectivity index (χ0) is 27.4. The highest BCUT2D eigenvalue weighted by molar-refractivity contribution is 7.89. The van der Waals surface area contributed by atoms with Gasteiger partial charge in [-0.15, -0.1) is 12.4 Å². The van der Waals surface area contributed by atoms with E-state index >= 15 is 0 Å². The first-order valence-corrected chi connectivity index (χ1v) is 15.5. The number of rotatable bonds is 10. The van der Waals surface area contributed by atoms with Crippen molar-refractivity contribution in [1.82, 2.24) is 14.2 Å². The fraction of sp³-hybridized carbons (Fsp3) is 0.500. The second-order valence-electron chi connectivity index (χ2n) is 10.1. The van der Waals surface area contributed by atoms with Gasteiger partial charge >= 0.3 is 0 Å². The molecule has 1 aliphatic rings. The molecular formula is C28H39ClN4O4S2. The normalized spacial score (nSPS) is 18.2. The number of anilines is 1. The van der Waals surface area contributed by atoms with Crippen LogP contribution in [0.2, 0.25) is 0 Å². The van der Waals surface area contributed by atoms with Crippen LogP contribution in [-0.4, -0.2) is 74.9 Å². The van der Waals surface area contributed by atoms with Crippen molar-refractivity contribution in [2.75, 3.05) is 51.3 Å². The molecule has 2 atom stereocenters. The Balaban J connectivity index is 0.00000420. The van der Waals surface area contributed by atoms with E-state index in [9.17, 15) is 13.2 Å². The molecule has 0 saturated carbocycles. The summed E-state index contributed by atoms with van der Waals surface area (Å²) < 4.78 is 34.5. The number of fused-ring (bicyclic) bond motifs is 1. The summed E-state index contributed by atoms with van der Waals surface area (Å²) in [5.41, 5.74) is 1.21. The topological polar surface area (TPSA) is 83.1 Å². The second kappa shape index (κ2) is 13.4. The van der Waals surface area contributed by atoms with E-state index in [2.05, 4.69) is 32.6 Å². The minimum Gasteiger partial charge on any atom is -0.497 e. The summed E-state index contributed by atoms with van der Waals surface area (Å²) in [5.74, 6) is 1.15. The molecule has 2 aromatic carbocycles. The third-order valence-corrected chi connectivity index (χ3v) is 10.1. The average molecular weight is 595 g/mol. The number of hydrogen-bond donors (Lipinski definition) is 0. The number of methoxy groups -OCH3 is 1. The Labute approximate surface area is 242 Å². The number of thiazole rings is 1. The molecule has 1 amide bonds. The summed E-state index contributed by atoms with van der Waals surface area (Å²) in [6.07, 6.45) is 1.03. The molecule has 0 N–H and O–H groups in total. The van der Waals surface area contributed by atoms with Gasteiger partial charge in [0.15, 0.2) is 5.13 Å². The first-order valence-electron chi connectivity index (χ1n) is 13.2. The molecule has 1 fully saturated rings. The number of aromatic nitrogens is 1. The van der Waals surface area contributed by atoms with Gasteiger partial charge in [0.05, 0.1) is 22.2 Å². The molecule has 0 spiro atoms. The molecule has 0 aliphatic carbocycles. The molecule has 4 rings (SSSR count). The zero-order valence-electron chi connectivity index (χ0n) is 23.3. The van der Waals surface area contributed by atoms with Crippen molar-refractivity contribution in [2.24, 2.45) is 11.8 Å². The fourth-order valence-electron chi connectivity index (χ4n) is 5.08. The van der Waals surface area contributed by atoms with E-state index < -0.39 is 10.0 Å². The molecule has 0 bridgehead atoms. The Bertz CT molecular complexity index is 1350. The second-order valence-corrected chi connectivity index (χ2v) is 13.1. The summed E-state index contributed by atoms with van der Waals surface area (Å²) >= 11 is 1.46. The van der Waals surface area contributed by atoms with Gasteiger partial charge in [-0.05, 0) is 67.7 Å². The molecule has 2 unspecified atom stereocenters. The Kier molecular flexibility index (Phi) is 10.8. The largest absolute Gasteiger partial charge is 0.497 e. The number of carbonyl (C=O) groups is 1. The van der Waals surface area contributed by atoms with Gasteiger partial charge < -0.3 is 9.64 Å². The molecule has 39 heavy (non-hydrogen) atoms. The molecule has 0 radical (unpaired) electrons. The van der Waals surface area contributed by atoms with E-state index in [1.54, 1.807) is 40.6 Å². The van der Waals surface area contributed by atoms with Crippen molar-refractivity contribution in [3.63, 3.8) is 0 Å². The summed E-state index contributed by atoms with van der Waals surface area (Å²) in [6, 6.07) is 12.0. The number of likely N-dealkylation sites (N-methyl/N-ethyl adjacent to an activating group) is 1. The van der Waals surface area contributed by atoms with Crippen LogP contribution in [0.5, 0.6) is 5.75 Å². The highest BCUT2D eigenvalue weighted by Gasteiger charge is 2.32. The van der Waals surface area contributed by atoms with Crippen LogP contribution in [-0.2, 0) is 10.0 Å². The van der Waals surface area contributed by atoms with E-state index in [1.807, 2.05) is 18.2 Å². The third kappa shape index (κ3) is 7.10. The number of sulfonamides is 1. The highest BCUT2D eigenvalue weighted by atomic mass is 35.5. The third-order valence-electron chi connectivity index (χ3n) is 7.17. The van der Waals surface area contributed by atoms with Gasteiger partial charge in [-0.1, -0.05) is 39.0 Å². The standard InChI is InChI=1S/C28H38N4O4S2.ClH/c1-6-30(7-2)14-15-32(28-29-25-17-23(36-5)10-13-26(25)37-28)27(33)22-8-11-24(12-9-22)38(34,35)31-18-20(3)16-21(4)19-31;/h8-13,17,20-21H,6-7,14-16,18-19H2,1-5H3;1H. The number of benzene rings is 2. The Morgan fingerprint density at radius 3 is 2.28 bits per heavy atom. The Morgan fingerprint density at radius 1 is 1.05 bits per heavy atom. The van der Waals surface area contributed by atoms with Crippen LogP contribution in [0.15, 0.2) is 47.4 Å². The average Bonchev–Trinajstić information content (AvgIpc) is 3.33. The lowest BCUT2D eigenvalue weighted by atomic mass is 9.94. The maximum absolute atomic E-state index is 13.8. The van der Waals surface area contributed by atoms with Crippen molar-refractivity contribution in [1.29, 1.82) is 0 Å². The smallest absolute Gasteiger partial charge is 0.260 e. The minimum absolute atomic E-state index is 0. The molecule has 2 heterocycles. The lowest BCUT2D eigenvalue weighted by Gasteiger charge is -2.34. The highest BCUT2D eigenvalue weighted by Crippen LogP contribution is 2.32. The number of amides is 1. The molecule has 3 aromatic rings. The van der Waals surface area contributed by atoms with E-state index in [-0.39, 0.29) is 23.2 Å². The molecule has 1 aromatic heterocycles. The van der Waals surface area contributed by atoms with Gasteiger partial charge in [0.25, 0.3) is 5.91 Å². The maximum atomic E-state index is 13.8. The van der Waals surface area contributed by atoms with Crippen LogP contribution in [0.1, 0.15) is 44.5 Å². The van der Waals surface area contributed by atoms with Crippen molar-refractivity contribution < 1.29 is 17.9 Å². The van der Waals surface area contributed by atoms with Crippen molar-refractivity contribution in [3.8, 4) is 5.75 Å².